The molecule has 0 aliphatic heterocycles. The van der Waals surface area contributed by atoms with Crippen LogP contribution in [0.2, 0.25) is 0 Å². The summed E-state index contributed by atoms with van der Waals surface area (Å²) in [5.74, 6) is 0.372. The second kappa shape index (κ2) is 5.63. The Morgan fingerprint density at radius 1 is 1.50 bits per heavy atom. The minimum atomic E-state index is 0.108. The molecule has 0 aromatic carbocycles. The highest BCUT2D eigenvalue weighted by molar-refractivity contribution is 8.02. The quantitative estimate of drug-likeness (QED) is 0.898. The molecule has 1 saturated carbocycles. The molecule has 0 unspecified atom stereocenters. The van der Waals surface area contributed by atoms with Gasteiger partial charge in [-0.15, -0.1) is 10.2 Å². The van der Waals surface area contributed by atoms with Crippen LogP contribution in [-0.2, 0) is 4.79 Å². The van der Waals surface area contributed by atoms with Crippen LogP contribution in [0.15, 0.2) is 4.34 Å². The first kappa shape index (κ1) is 11.9. The van der Waals surface area contributed by atoms with E-state index in [-0.39, 0.29) is 5.25 Å². The number of carbonyl (C=O) groups excluding carboxylic acids is 1. The average Bonchev–Trinajstić information content (AvgIpc) is 2.70. The topological polar surface area (TPSA) is 54.9 Å². The number of nitrogens with one attached hydrogen (secondary N) is 1. The van der Waals surface area contributed by atoms with Gasteiger partial charge in [0.1, 0.15) is 5.78 Å². The number of aromatic nitrogens is 2. The van der Waals surface area contributed by atoms with Crippen LogP contribution in [0.1, 0.15) is 32.6 Å². The lowest BCUT2D eigenvalue weighted by Crippen LogP contribution is -2.21. The highest BCUT2D eigenvalue weighted by Crippen LogP contribution is 2.34. The van der Waals surface area contributed by atoms with Crippen LogP contribution in [0.4, 0.5) is 5.13 Å². The largest absolute Gasteiger partial charge is 0.360 e. The third-order valence-electron chi connectivity index (χ3n) is 2.48. The summed E-state index contributed by atoms with van der Waals surface area (Å²) in [5.41, 5.74) is 0. The Labute approximate surface area is 103 Å². The molecule has 1 heterocycles. The molecular weight excluding hydrogens is 242 g/mol. The van der Waals surface area contributed by atoms with Gasteiger partial charge in [-0.2, -0.15) is 0 Å². The maximum absolute atomic E-state index is 11.7. The van der Waals surface area contributed by atoms with Gasteiger partial charge in [-0.25, -0.2) is 0 Å². The van der Waals surface area contributed by atoms with Crippen molar-refractivity contribution >= 4 is 34.0 Å². The van der Waals surface area contributed by atoms with E-state index >= 15 is 0 Å². The lowest BCUT2D eigenvalue weighted by atomic mass is 9.99. The normalized spacial score (nSPS) is 21.1. The molecule has 1 N–H and O–H groups in total. The Morgan fingerprint density at radius 3 is 3.12 bits per heavy atom. The Balaban J connectivity index is 1.94. The minimum Gasteiger partial charge on any atom is -0.360 e. The molecule has 1 aromatic heterocycles. The van der Waals surface area contributed by atoms with Gasteiger partial charge in [0.2, 0.25) is 5.13 Å². The molecule has 4 nitrogen and oxygen atoms in total. The van der Waals surface area contributed by atoms with Crippen molar-refractivity contribution in [1.29, 1.82) is 0 Å². The Kier molecular flexibility index (Phi) is 4.17. The first-order valence-corrected chi connectivity index (χ1v) is 7.26. The van der Waals surface area contributed by atoms with Crippen molar-refractivity contribution < 1.29 is 4.79 Å². The first-order valence-electron chi connectivity index (χ1n) is 5.56. The number of hydrogen-bond acceptors (Lipinski definition) is 6. The van der Waals surface area contributed by atoms with Crippen molar-refractivity contribution in [2.75, 3.05) is 11.9 Å². The van der Waals surface area contributed by atoms with Crippen molar-refractivity contribution in [1.82, 2.24) is 10.2 Å². The van der Waals surface area contributed by atoms with Crippen LogP contribution in [0.3, 0.4) is 0 Å². The molecule has 88 valence electrons. The van der Waals surface area contributed by atoms with Crippen LogP contribution in [0, 0.1) is 0 Å². The molecule has 6 heteroatoms. The van der Waals surface area contributed by atoms with Crippen LogP contribution in [-0.4, -0.2) is 27.8 Å². The van der Waals surface area contributed by atoms with Gasteiger partial charge in [-0.1, -0.05) is 29.5 Å². The van der Waals surface area contributed by atoms with E-state index in [1.807, 2.05) is 6.92 Å². The second-order valence-electron chi connectivity index (χ2n) is 3.72. The summed E-state index contributed by atoms with van der Waals surface area (Å²) in [5, 5.41) is 12.2. The van der Waals surface area contributed by atoms with E-state index < -0.39 is 0 Å². The number of Topliss-reactive ketones (excluding diaryl/α,β-unsaturated/α-hetero) is 1. The van der Waals surface area contributed by atoms with Gasteiger partial charge in [-0.3, -0.25) is 4.79 Å². The van der Waals surface area contributed by atoms with Crippen molar-refractivity contribution in [3.05, 3.63) is 0 Å². The Hall–Kier alpha value is -0.620. The smallest absolute Gasteiger partial charge is 0.206 e. The fraction of sp³-hybridized carbons (Fsp3) is 0.700. The van der Waals surface area contributed by atoms with E-state index in [9.17, 15) is 4.79 Å². The van der Waals surface area contributed by atoms with Gasteiger partial charge < -0.3 is 5.32 Å². The van der Waals surface area contributed by atoms with Crippen molar-refractivity contribution in [2.45, 2.75) is 42.2 Å². The monoisotopic (exact) mass is 257 g/mol. The predicted octanol–water partition coefficient (Wildman–Crippen LogP) is 2.57. The van der Waals surface area contributed by atoms with Crippen molar-refractivity contribution in [2.24, 2.45) is 0 Å². The molecule has 2 rings (SSSR count). The average molecular weight is 257 g/mol. The van der Waals surface area contributed by atoms with Gasteiger partial charge >= 0.3 is 0 Å². The third kappa shape index (κ3) is 2.95. The first-order chi connectivity index (χ1) is 7.79. The van der Waals surface area contributed by atoms with Crippen molar-refractivity contribution in [3.63, 3.8) is 0 Å². The molecule has 0 radical (unpaired) electrons. The number of hydrogen-bond donors (Lipinski definition) is 1. The maximum atomic E-state index is 11.7. The van der Waals surface area contributed by atoms with Crippen LogP contribution < -0.4 is 5.32 Å². The summed E-state index contributed by atoms with van der Waals surface area (Å²) < 4.78 is 0.899. The summed E-state index contributed by atoms with van der Waals surface area (Å²) in [6.07, 6.45) is 3.92. The molecule has 0 bridgehead atoms. The Morgan fingerprint density at radius 2 is 2.38 bits per heavy atom. The lowest BCUT2D eigenvalue weighted by Gasteiger charge is -2.17. The van der Waals surface area contributed by atoms with Gasteiger partial charge in [0.25, 0.3) is 0 Å². The Bertz CT molecular complexity index is 367. The van der Waals surface area contributed by atoms with Gasteiger partial charge in [0.15, 0.2) is 4.34 Å². The molecule has 0 amide bonds. The van der Waals surface area contributed by atoms with Gasteiger partial charge in [0.05, 0.1) is 5.25 Å². The number of ketones is 1. The summed E-state index contributed by atoms with van der Waals surface area (Å²) in [6.45, 7) is 2.88. The molecule has 1 aromatic rings. The zero-order chi connectivity index (χ0) is 11.4. The summed E-state index contributed by atoms with van der Waals surface area (Å²) in [6, 6.07) is 0. The molecule has 1 aliphatic rings. The SMILES string of the molecule is CCNc1nnc(S[C@H]2CCCCC2=O)s1. The van der Waals surface area contributed by atoms with E-state index in [0.29, 0.717) is 5.78 Å². The minimum absolute atomic E-state index is 0.108. The number of thioether (sulfide) groups is 1. The summed E-state index contributed by atoms with van der Waals surface area (Å²) in [4.78, 5) is 11.7. The number of anilines is 1. The highest BCUT2D eigenvalue weighted by atomic mass is 32.2. The fourth-order valence-electron chi connectivity index (χ4n) is 1.68. The zero-order valence-corrected chi connectivity index (χ0v) is 10.9. The molecular formula is C10H15N3OS2. The number of carbonyl (C=O) groups is 1. The van der Waals surface area contributed by atoms with Crippen LogP contribution in [0.5, 0.6) is 0 Å². The zero-order valence-electron chi connectivity index (χ0n) is 9.23. The standard InChI is InChI=1S/C10H15N3OS2/c1-2-11-9-12-13-10(16-9)15-8-6-4-3-5-7(8)14/h8H,2-6H2,1H3,(H,11,12)/t8-/m0/s1. The van der Waals surface area contributed by atoms with Gasteiger partial charge in [-0.05, 0) is 19.8 Å². The lowest BCUT2D eigenvalue weighted by molar-refractivity contribution is -0.119. The summed E-state index contributed by atoms with van der Waals surface area (Å²) >= 11 is 3.11. The van der Waals surface area contributed by atoms with E-state index in [1.54, 1.807) is 11.8 Å². The molecule has 1 aliphatic carbocycles. The second-order valence-corrected chi connectivity index (χ2v) is 6.15. The highest BCUT2D eigenvalue weighted by Gasteiger charge is 2.24. The fourth-order valence-corrected chi connectivity index (χ4v) is 3.87. The molecule has 0 saturated heterocycles. The van der Waals surface area contributed by atoms with E-state index in [2.05, 4.69) is 15.5 Å². The summed E-state index contributed by atoms with van der Waals surface area (Å²) in [7, 11) is 0. The van der Waals surface area contributed by atoms with Gasteiger partial charge in [0, 0.05) is 13.0 Å². The van der Waals surface area contributed by atoms with Crippen molar-refractivity contribution in [3.8, 4) is 0 Å². The van der Waals surface area contributed by atoms with E-state index in [4.69, 9.17) is 0 Å². The van der Waals surface area contributed by atoms with Crippen LogP contribution >= 0.6 is 23.1 Å². The number of rotatable bonds is 4. The number of nitrogens with zero attached hydrogens (tertiary/aromatic N) is 2. The van der Waals surface area contributed by atoms with E-state index in [1.165, 1.54) is 11.3 Å². The predicted molar refractivity (Wildman–Crippen MR) is 67.2 cm³/mol. The molecule has 1 fully saturated rings. The van der Waals surface area contributed by atoms with Crippen LogP contribution in [0.25, 0.3) is 0 Å². The molecule has 1 atom stereocenters. The van der Waals surface area contributed by atoms with E-state index in [0.717, 1.165) is 41.7 Å². The molecule has 16 heavy (non-hydrogen) atoms. The third-order valence-corrected chi connectivity index (χ3v) is 4.76. The molecule has 0 spiro atoms. The maximum Gasteiger partial charge on any atom is 0.206 e.